The van der Waals surface area contributed by atoms with Gasteiger partial charge in [0.25, 0.3) is 0 Å². The Balaban J connectivity index is 1.20. The van der Waals surface area contributed by atoms with Crippen molar-refractivity contribution in [3.8, 4) is 0 Å². The predicted octanol–water partition coefficient (Wildman–Crippen LogP) is 6.57. The van der Waals surface area contributed by atoms with Gasteiger partial charge in [-0.05, 0) is 88.8 Å². The Morgan fingerprint density at radius 3 is 2.58 bits per heavy atom. The number of benzene rings is 1. The monoisotopic (exact) mass is 624 g/mol. The Morgan fingerprint density at radius 2 is 1.92 bits per heavy atom. The molecule has 4 aliphatic rings. The van der Waals surface area contributed by atoms with E-state index in [2.05, 4.69) is 31.4 Å². The lowest BCUT2D eigenvalue weighted by molar-refractivity contribution is -0.390. The summed E-state index contributed by atoms with van der Waals surface area (Å²) >= 11 is 15.8. The maximum Gasteiger partial charge on any atom is 0.404 e. The Morgan fingerprint density at radius 1 is 1.18 bits per heavy atom. The lowest BCUT2D eigenvalue weighted by Crippen LogP contribution is -2.57. The lowest BCUT2D eigenvalue weighted by Gasteiger charge is -2.61. The number of nitro groups is 1. The van der Waals surface area contributed by atoms with Gasteiger partial charge in [0.15, 0.2) is 5.82 Å². The van der Waals surface area contributed by atoms with Crippen LogP contribution in [-0.4, -0.2) is 30.4 Å². The van der Waals surface area contributed by atoms with Gasteiger partial charge in [0, 0.05) is 23.2 Å². The highest BCUT2D eigenvalue weighted by molar-refractivity contribution is 9.10. The molecule has 200 valence electrons. The van der Waals surface area contributed by atoms with E-state index in [1.54, 1.807) is 16.9 Å². The van der Waals surface area contributed by atoms with Crippen LogP contribution in [0.5, 0.6) is 0 Å². The highest BCUT2D eigenvalue weighted by Crippen LogP contribution is 2.65. The molecule has 1 N–H and O–H groups in total. The standard InChI is InChI=1S/C25H24BrCl2FN6O3/c26-17-11-34(32-23(17)35(37)38)25-7-14-4-15(8-25)6-24(5-14,13-25)9-21(36)30-22-19(28)12-33(31-22)10-16-18(27)2-1-3-20(16)29/h1-3,11-12,14-15H,4-10,13H2,(H,30,31,36). The molecule has 4 aliphatic carbocycles. The van der Waals surface area contributed by atoms with Crippen LogP contribution in [0.3, 0.4) is 0 Å². The molecular weight excluding hydrogens is 602 g/mol. The van der Waals surface area contributed by atoms with Crippen molar-refractivity contribution in [3.63, 3.8) is 0 Å². The quantitative estimate of drug-likeness (QED) is 0.236. The van der Waals surface area contributed by atoms with E-state index in [1.807, 2.05) is 0 Å². The average Bonchev–Trinajstić information content (AvgIpc) is 3.37. The van der Waals surface area contributed by atoms with Crippen LogP contribution in [-0.2, 0) is 16.9 Å². The fourth-order valence-electron chi connectivity index (χ4n) is 7.51. The van der Waals surface area contributed by atoms with Gasteiger partial charge in [-0.25, -0.2) is 4.39 Å². The van der Waals surface area contributed by atoms with Crippen LogP contribution in [0.25, 0.3) is 0 Å². The summed E-state index contributed by atoms with van der Waals surface area (Å²) in [6.45, 7) is 0.0719. The molecule has 3 aromatic rings. The summed E-state index contributed by atoms with van der Waals surface area (Å²) < 4.78 is 17.8. The lowest BCUT2D eigenvalue weighted by atomic mass is 9.46. The van der Waals surface area contributed by atoms with E-state index in [-0.39, 0.29) is 50.7 Å². The minimum absolute atomic E-state index is 0.0719. The number of hydrogen-bond acceptors (Lipinski definition) is 5. The fraction of sp³-hybridized carbons (Fsp3) is 0.480. The third kappa shape index (κ3) is 4.52. The molecular formula is C25H24BrCl2FN6O3. The van der Waals surface area contributed by atoms with Gasteiger partial charge >= 0.3 is 5.82 Å². The summed E-state index contributed by atoms with van der Waals surface area (Å²) in [5.74, 6) is 0.286. The number of anilines is 1. The van der Waals surface area contributed by atoms with Gasteiger partial charge in [-0.3, -0.25) is 9.48 Å². The second kappa shape index (κ2) is 9.31. The van der Waals surface area contributed by atoms with Crippen molar-refractivity contribution in [2.24, 2.45) is 17.3 Å². The first-order valence-electron chi connectivity index (χ1n) is 12.4. The molecule has 4 fully saturated rings. The van der Waals surface area contributed by atoms with Crippen molar-refractivity contribution < 1.29 is 14.1 Å². The number of halogens is 4. The number of rotatable bonds is 7. The van der Waals surface area contributed by atoms with Crippen LogP contribution in [0.2, 0.25) is 10.0 Å². The summed E-state index contributed by atoms with van der Waals surface area (Å²) in [7, 11) is 0. The molecule has 2 aromatic heterocycles. The van der Waals surface area contributed by atoms with E-state index in [0.717, 1.165) is 38.5 Å². The minimum atomic E-state index is -0.479. The van der Waals surface area contributed by atoms with Crippen molar-refractivity contribution in [2.75, 3.05) is 5.32 Å². The second-order valence-electron chi connectivity index (χ2n) is 11.1. The Kier molecular flexibility index (Phi) is 6.31. The Bertz CT molecular complexity index is 1420. The molecule has 1 aromatic carbocycles. The molecule has 0 radical (unpaired) electrons. The molecule has 2 unspecified atom stereocenters. The molecule has 13 heteroatoms. The highest BCUT2D eigenvalue weighted by atomic mass is 79.9. The Hall–Kier alpha value is -2.50. The van der Waals surface area contributed by atoms with Crippen molar-refractivity contribution in [1.82, 2.24) is 19.6 Å². The zero-order valence-corrected chi connectivity index (χ0v) is 23.3. The van der Waals surface area contributed by atoms with E-state index in [4.69, 9.17) is 23.2 Å². The third-order valence-corrected chi connectivity index (χ3v) is 9.54. The molecule has 38 heavy (non-hydrogen) atoms. The molecule has 0 aliphatic heterocycles. The smallest absolute Gasteiger partial charge is 0.358 e. The number of hydrogen-bond donors (Lipinski definition) is 1. The molecule has 0 saturated heterocycles. The van der Waals surface area contributed by atoms with Crippen LogP contribution in [0.15, 0.2) is 35.1 Å². The number of carbonyl (C=O) groups excluding carboxylic acids is 1. The molecule has 4 bridgehead atoms. The molecule has 0 spiro atoms. The number of nitrogens with one attached hydrogen (secondary N) is 1. The molecule has 9 nitrogen and oxygen atoms in total. The summed E-state index contributed by atoms with van der Waals surface area (Å²) in [5.41, 5.74) is -0.271. The van der Waals surface area contributed by atoms with E-state index in [9.17, 15) is 19.3 Å². The molecule has 2 heterocycles. The van der Waals surface area contributed by atoms with Gasteiger partial charge in [0.1, 0.15) is 15.3 Å². The molecule has 7 rings (SSSR count). The topological polar surface area (TPSA) is 108 Å². The summed E-state index contributed by atoms with van der Waals surface area (Å²) in [6.07, 6.45) is 9.10. The molecule has 4 saturated carbocycles. The number of nitrogens with zero attached hydrogens (tertiary/aromatic N) is 5. The second-order valence-corrected chi connectivity index (χ2v) is 12.8. The zero-order chi connectivity index (χ0) is 26.8. The normalized spacial score (nSPS) is 27.6. The van der Waals surface area contributed by atoms with Crippen LogP contribution < -0.4 is 5.32 Å². The van der Waals surface area contributed by atoms with Gasteiger partial charge in [-0.15, -0.1) is 0 Å². The van der Waals surface area contributed by atoms with Crippen molar-refractivity contribution in [1.29, 1.82) is 0 Å². The first-order valence-corrected chi connectivity index (χ1v) is 14.0. The number of amides is 1. The summed E-state index contributed by atoms with van der Waals surface area (Å²) in [5, 5.41) is 23.5. The van der Waals surface area contributed by atoms with E-state index in [1.165, 1.54) is 23.0 Å². The van der Waals surface area contributed by atoms with Crippen LogP contribution in [0.4, 0.5) is 16.0 Å². The SMILES string of the molecule is O=C(CC12CC3CC(C1)CC(n1cc(Br)c([N+](=O)[O-])n1)(C3)C2)Nc1nn(Cc2c(F)cccc2Cl)cc1Cl. The number of aromatic nitrogens is 4. The minimum Gasteiger partial charge on any atom is -0.358 e. The first kappa shape index (κ1) is 25.8. The summed E-state index contributed by atoms with van der Waals surface area (Å²) in [6, 6.07) is 4.46. The van der Waals surface area contributed by atoms with Crippen molar-refractivity contribution in [2.45, 2.75) is 57.0 Å². The van der Waals surface area contributed by atoms with E-state index in [0.29, 0.717) is 22.7 Å². The van der Waals surface area contributed by atoms with Gasteiger partial charge < -0.3 is 15.4 Å². The molecule has 1 amide bonds. The summed E-state index contributed by atoms with van der Waals surface area (Å²) in [4.78, 5) is 24.2. The highest BCUT2D eigenvalue weighted by Gasteiger charge is 2.60. The van der Waals surface area contributed by atoms with E-state index >= 15 is 0 Å². The van der Waals surface area contributed by atoms with Crippen molar-refractivity contribution in [3.05, 3.63) is 66.6 Å². The maximum atomic E-state index is 14.2. The number of carbonyl (C=O) groups is 1. The van der Waals surface area contributed by atoms with Crippen LogP contribution >= 0.6 is 39.1 Å². The predicted molar refractivity (Wildman–Crippen MR) is 143 cm³/mol. The third-order valence-electron chi connectivity index (χ3n) is 8.35. The van der Waals surface area contributed by atoms with E-state index < -0.39 is 10.7 Å². The van der Waals surface area contributed by atoms with Gasteiger partial charge in [0.05, 0.1) is 23.4 Å². The van der Waals surface area contributed by atoms with Gasteiger partial charge in [-0.1, -0.05) is 29.3 Å². The van der Waals surface area contributed by atoms with Crippen molar-refractivity contribution >= 4 is 56.7 Å². The van der Waals surface area contributed by atoms with Crippen LogP contribution in [0, 0.1) is 33.2 Å². The molecule has 2 atom stereocenters. The fourth-order valence-corrected chi connectivity index (χ4v) is 8.35. The zero-order valence-electron chi connectivity index (χ0n) is 20.2. The largest absolute Gasteiger partial charge is 0.404 e. The maximum absolute atomic E-state index is 14.2. The first-order chi connectivity index (χ1) is 18.0. The Labute approximate surface area is 235 Å². The average molecular weight is 626 g/mol. The van der Waals surface area contributed by atoms with Gasteiger partial charge in [-0.2, -0.15) is 9.78 Å². The van der Waals surface area contributed by atoms with Gasteiger partial charge in [0.2, 0.25) is 5.91 Å². The van der Waals surface area contributed by atoms with Crippen LogP contribution in [0.1, 0.15) is 50.5 Å².